The molecule has 0 bridgehead atoms. The number of aromatic nitrogens is 5. The van der Waals surface area contributed by atoms with Crippen LogP contribution in [0.2, 0.25) is 0 Å². The monoisotopic (exact) mass is 257 g/mol. The molecule has 0 saturated heterocycles. The van der Waals surface area contributed by atoms with Crippen molar-refractivity contribution < 1.29 is 0 Å². The zero-order valence-corrected chi connectivity index (χ0v) is 10.6. The Bertz CT molecular complexity index is 652. The minimum atomic E-state index is 0.189. The predicted octanol–water partition coefficient (Wildman–Crippen LogP) is 2.37. The molecule has 18 heavy (non-hydrogen) atoms. The number of nitrogens with zero attached hydrogens (tertiary/aromatic N) is 5. The highest BCUT2D eigenvalue weighted by atomic mass is 32.2. The smallest absolute Gasteiger partial charge is 0.169 e. The average molecular weight is 257 g/mol. The first-order valence-corrected chi connectivity index (χ1v) is 6.43. The number of hydrogen-bond donors (Lipinski definition) is 0. The fourth-order valence-electron chi connectivity index (χ4n) is 1.66. The summed E-state index contributed by atoms with van der Waals surface area (Å²) in [4.78, 5) is 17.1. The molecule has 3 aromatic rings. The molecule has 0 aliphatic carbocycles. The molecule has 0 amide bonds. The summed E-state index contributed by atoms with van der Waals surface area (Å²) in [6, 6.07) is 0. The molecule has 0 aliphatic heterocycles. The van der Waals surface area contributed by atoms with Crippen molar-refractivity contribution in [2.24, 2.45) is 0 Å². The summed E-state index contributed by atoms with van der Waals surface area (Å²) in [6.07, 6.45) is 12.5. The Hall–Kier alpha value is -1.95. The van der Waals surface area contributed by atoms with Crippen molar-refractivity contribution in [1.82, 2.24) is 24.3 Å². The lowest BCUT2D eigenvalue weighted by Crippen LogP contribution is -1.96. The molecule has 0 unspecified atom stereocenters. The van der Waals surface area contributed by atoms with Crippen LogP contribution in [-0.2, 0) is 0 Å². The van der Waals surface area contributed by atoms with E-state index in [0.29, 0.717) is 0 Å². The van der Waals surface area contributed by atoms with Crippen LogP contribution in [0.3, 0.4) is 0 Å². The zero-order chi connectivity index (χ0) is 12.4. The largest absolute Gasteiger partial charge is 0.303 e. The summed E-state index contributed by atoms with van der Waals surface area (Å²) in [5, 5.41) is 1.09. The third-order valence-corrected chi connectivity index (χ3v) is 3.67. The van der Waals surface area contributed by atoms with E-state index < -0.39 is 0 Å². The summed E-state index contributed by atoms with van der Waals surface area (Å²) < 4.78 is 1.96. The molecule has 3 rings (SSSR count). The molecule has 6 heteroatoms. The summed E-state index contributed by atoms with van der Waals surface area (Å²) in [7, 11) is 0. The van der Waals surface area contributed by atoms with Gasteiger partial charge in [-0.1, -0.05) is 11.8 Å². The number of fused-ring (bicyclic) bond motifs is 1. The van der Waals surface area contributed by atoms with Crippen LogP contribution in [0.25, 0.3) is 5.65 Å². The fraction of sp³-hybridized carbons (Fsp3) is 0.167. The van der Waals surface area contributed by atoms with E-state index in [2.05, 4.69) is 26.9 Å². The normalized spacial score (nSPS) is 12.7. The van der Waals surface area contributed by atoms with Crippen molar-refractivity contribution in [3.8, 4) is 0 Å². The maximum atomic E-state index is 4.38. The molecule has 3 aromatic heterocycles. The van der Waals surface area contributed by atoms with Gasteiger partial charge in [0.25, 0.3) is 0 Å². The fourth-order valence-corrected chi connectivity index (χ4v) is 2.62. The van der Waals surface area contributed by atoms with Crippen molar-refractivity contribution >= 4 is 17.4 Å². The van der Waals surface area contributed by atoms with Crippen molar-refractivity contribution in [3.05, 3.63) is 49.1 Å². The van der Waals surface area contributed by atoms with Crippen molar-refractivity contribution in [2.75, 3.05) is 0 Å². The third-order valence-electron chi connectivity index (χ3n) is 2.57. The lowest BCUT2D eigenvalue weighted by Gasteiger charge is -2.09. The molecule has 0 radical (unpaired) electrons. The number of imidazole rings is 1. The van der Waals surface area contributed by atoms with Gasteiger partial charge in [-0.15, -0.1) is 0 Å². The molecule has 0 aliphatic rings. The Kier molecular flexibility index (Phi) is 2.93. The molecular formula is C12H11N5S. The van der Waals surface area contributed by atoms with Crippen LogP contribution in [-0.4, -0.2) is 24.3 Å². The highest BCUT2D eigenvalue weighted by molar-refractivity contribution is 7.99. The van der Waals surface area contributed by atoms with Crippen LogP contribution in [0.5, 0.6) is 0 Å². The van der Waals surface area contributed by atoms with E-state index in [-0.39, 0.29) is 5.25 Å². The Morgan fingerprint density at radius 1 is 1.06 bits per heavy atom. The highest BCUT2D eigenvalue weighted by Crippen LogP contribution is 2.33. The molecular weight excluding hydrogens is 246 g/mol. The van der Waals surface area contributed by atoms with E-state index in [1.54, 1.807) is 42.7 Å². The zero-order valence-electron chi connectivity index (χ0n) is 9.76. The van der Waals surface area contributed by atoms with Gasteiger partial charge in [0.1, 0.15) is 5.03 Å². The first-order valence-electron chi connectivity index (χ1n) is 5.55. The van der Waals surface area contributed by atoms with Crippen LogP contribution in [0.1, 0.15) is 17.9 Å². The summed E-state index contributed by atoms with van der Waals surface area (Å²) in [6.45, 7) is 2.09. The summed E-state index contributed by atoms with van der Waals surface area (Å²) >= 11 is 1.63. The summed E-state index contributed by atoms with van der Waals surface area (Å²) in [5.41, 5.74) is 1.82. The Balaban J connectivity index is 1.91. The molecule has 90 valence electrons. The average Bonchev–Trinajstić information content (AvgIpc) is 2.89. The van der Waals surface area contributed by atoms with Gasteiger partial charge in [-0.2, -0.15) is 0 Å². The van der Waals surface area contributed by atoms with Crippen LogP contribution < -0.4 is 0 Å². The lowest BCUT2D eigenvalue weighted by molar-refractivity contribution is 0.962. The van der Waals surface area contributed by atoms with Crippen LogP contribution >= 0.6 is 11.8 Å². The molecule has 0 spiro atoms. The van der Waals surface area contributed by atoms with Gasteiger partial charge in [0, 0.05) is 43.4 Å². The minimum Gasteiger partial charge on any atom is -0.303 e. The molecule has 0 aromatic carbocycles. The maximum Gasteiger partial charge on any atom is 0.169 e. The van der Waals surface area contributed by atoms with E-state index in [1.807, 2.05) is 16.8 Å². The molecule has 0 saturated carbocycles. The van der Waals surface area contributed by atoms with E-state index in [1.165, 1.54) is 0 Å². The Morgan fingerprint density at radius 2 is 1.89 bits per heavy atom. The van der Waals surface area contributed by atoms with Crippen LogP contribution in [0, 0.1) is 0 Å². The first kappa shape index (κ1) is 11.2. The van der Waals surface area contributed by atoms with Gasteiger partial charge in [0.05, 0.1) is 10.9 Å². The molecule has 1 atom stereocenters. The number of hydrogen-bond acceptors (Lipinski definition) is 5. The Labute approximate surface area is 108 Å². The van der Waals surface area contributed by atoms with E-state index >= 15 is 0 Å². The Morgan fingerprint density at radius 3 is 2.67 bits per heavy atom. The third kappa shape index (κ3) is 2.06. The maximum absolute atomic E-state index is 4.38. The molecule has 5 nitrogen and oxygen atoms in total. The van der Waals surface area contributed by atoms with Gasteiger partial charge in [-0.25, -0.2) is 9.97 Å². The van der Waals surface area contributed by atoms with Gasteiger partial charge >= 0.3 is 0 Å². The second-order valence-electron chi connectivity index (χ2n) is 3.78. The molecule has 0 fully saturated rings. The molecule has 0 N–H and O–H groups in total. The quantitative estimate of drug-likeness (QED) is 0.674. The predicted molar refractivity (Wildman–Crippen MR) is 69.3 cm³/mol. The van der Waals surface area contributed by atoms with Gasteiger partial charge in [-0.05, 0) is 6.92 Å². The van der Waals surface area contributed by atoms with Gasteiger partial charge in [0.2, 0.25) is 0 Å². The van der Waals surface area contributed by atoms with Gasteiger partial charge in [0.15, 0.2) is 5.65 Å². The topological polar surface area (TPSA) is 56.0 Å². The van der Waals surface area contributed by atoms with E-state index in [4.69, 9.17) is 0 Å². The second-order valence-corrected chi connectivity index (χ2v) is 5.11. The minimum absolute atomic E-state index is 0.189. The van der Waals surface area contributed by atoms with Crippen molar-refractivity contribution in [3.63, 3.8) is 0 Å². The van der Waals surface area contributed by atoms with Crippen LogP contribution in [0.4, 0.5) is 0 Å². The van der Waals surface area contributed by atoms with Gasteiger partial charge < -0.3 is 4.40 Å². The highest BCUT2D eigenvalue weighted by Gasteiger charge is 2.12. The van der Waals surface area contributed by atoms with Gasteiger partial charge in [-0.3, -0.25) is 9.97 Å². The SMILES string of the molecule is C[C@@H](Sc1nccn2ccnc12)c1cnccn1. The molecule has 3 heterocycles. The second kappa shape index (κ2) is 4.73. The van der Waals surface area contributed by atoms with E-state index in [9.17, 15) is 0 Å². The standard InChI is InChI=1S/C12H11N5S/c1-9(10-8-13-2-3-14-10)18-12-11-15-4-6-17(11)7-5-16-12/h2-9H,1H3/t9-/m1/s1. The van der Waals surface area contributed by atoms with Crippen molar-refractivity contribution in [2.45, 2.75) is 17.2 Å². The number of rotatable bonds is 3. The summed E-state index contributed by atoms with van der Waals surface area (Å²) in [5.74, 6) is 0. The lowest BCUT2D eigenvalue weighted by atomic mass is 10.3. The first-order chi connectivity index (χ1) is 8.84. The van der Waals surface area contributed by atoms with E-state index in [0.717, 1.165) is 16.4 Å². The van der Waals surface area contributed by atoms with Crippen molar-refractivity contribution in [1.29, 1.82) is 0 Å². The van der Waals surface area contributed by atoms with Crippen LogP contribution in [0.15, 0.2) is 48.4 Å². The number of thioether (sulfide) groups is 1.